The number of benzene rings is 2. The molecule has 4 aromatic rings. The first-order valence-electron chi connectivity index (χ1n) is 7.50. The van der Waals surface area contributed by atoms with Gasteiger partial charge in [-0.25, -0.2) is 9.78 Å². The van der Waals surface area contributed by atoms with E-state index < -0.39 is 11.2 Å². The van der Waals surface area contributed by atoms with Gasteiger partial charge in [0.2, 0.25) is 0 Å². The zero-order valence-electron chi connectivity index (χ0n) is 12.6. The van der Waals surface area contributed by atoms with E-state index in [1.807, 2.05) is 36.4 Å². The highest BCUT2D eigenvalue weighted by Gasteiger charge is 2.03. The molecule has 2 heterocycles. The maximum absolute atomic E-state index is 11.8. The minimum Gasteiger partial charge on any atom is -0.305 e. The molecule has 0 bridgehead atoms. The van der Waals surface area contributed by atoms with Crippen LogP contribution in [0.3, 0.4) is 0 Å². The zero-order valence-corrected chi connectivity index (χ0v) is 12.6. The van der Waals surface area contributed by atoms with Crippen LogP contribution >= 0.6 is 0 Å². The lowest BCUT2D eigenvalue weighted by Crippen LogP contribution is -2.22. The monoisotopic (exact) mass is 315 g/mol. The summed E-state index contributed by atoms with van der Waals surface area (Å²) in [6, 6.07) is 17.7. The van der Waals surface area contributed by atoms with Gasteiger partial charge in [-0.15, -0.1) is 0 Å². The van der Waals surface area contributed by atoms with E-state index in [-0.39, 0.29) is 5.52 Å². The third-order valence-corrected chi connectivity index (χ3v) is 3.86. The highest BCUT2D eigenvalue weighted by molar-refractivity contribution is 5.92. The SMILES string of the molecule is O=c1[nH]c(=O)c2nc(/C=C/c3cccc4ccccc34)ccc2[nH]1. The molecule has 0 saturated heterocycles. The van der Waals surface area contributed by atoms with Gasteiger partial charge < -0.3 is 4.98 Å². The first-order chi connectivity index (χ1) is 11.7. The lowest BCUT2D eigenvalue weighted by Gasteiger charge is -2.02. The molecule has 0 unspecified atom stereocenters. The summed E-state index contributed by atoms with van der Waals surface area (Å²) >= 11 is 0. The molecule has 2 aromatic heterocycles. The minimum atomic E-state index is -0.534. The largest absolute Gasteiger partial charge is 0.326 e. The van der Waals surface area contributed by atoms with Gasteiger partial charge >= 0.3 is 5.69 Å². The Labute approximate surface area is 136 Å². The van der Waals surface area contributed by atoms with Crippen molar-refractivity contribution in [1.29, 1.82) is 0 Å². The molecule has 5 nitrogen and oxygen atoms in total. The minimum absolute atomic E-state index is 0.217. The van der Waals surface area contributed by atoms with E-state index in [2.05, 4.69) is 33.2 Å². The van der Waals surface area contributed by atoms with Crippen molar-refractivity contribution in [2.75, 3.05) is 0 Å². The fourth-order valence-electron chi connectivity index (χ4n) is 2.73. The van der Waals surface area contributed by atoms with Crippen molar-refractivity contribution < 1.29 is 0 Å². The summed E-state index contributed by atoms with van der Waals surface area (Å²) in [6.45, 7) is 0. The number of rotatable bonds is 2. The normalized spacial score (nSPS) is 11.5. The number of H-pyrrole nitrogens is 2. The Morgan fingerprint density at radius 2 is 1.67 bits per heavy atom. The van der Waals surface area contributed by atoms with Crippen molar-refractivity contribution in [2.24, 2.45) is 0 Å². The fraction of sp³-hybridized carbons (Fsp3) is 0. The van der Waals surface area contributed by atoms with E-state index in [0.717, 1.165) is 10.9 Å². The maximum Gasteiger partial charge on any atom is 0.326 e. The van der Waals surface area contributed by atoms with Crippen molar-refractivity contribution in [3.63, 3.8) is 0 Å². The highest BCUT2D eigenvalue weighted by Crippen LogP contribution is 2.20. The second kappa shape index (κ2) is 5.62. The maximum atomic E-state index is 11.8. The van der Waals surface area contributed by atoms with Gasteiger partial charge in [0.25, 0.3) is 5.56 Å². The van der Waals surface area contributed by atoms with Crippen molar-refractivity contribution in [2.45, 2.75) is 0 Å². The van der Waals surface area contributed by atoms with E-state index in [0.29, 0.717) is 11.2 Å². The molecule has 0 saturated carbocycles. The molecule has 0 fully saturated rings. The van der Waals surface area contributed by atoms with E-state index in [9.17, 15) is 9.59 Å². The van der Waals surface area contributed by atoms with Gasteiger partial charge in [-0.2, -0.15) is 0 Å². The van der Waals surface area contributed by atoms with E-state index in [1.54, 1.807) is 12.1 Å². The van der Waals surface area contributed by atoms with Crippen LogP contribution in [0.1, 0.15) is 11.3 Å². The molecule has 0 aliphatic carbocycles. The van der Waals surface area contributed by atoms with Crippen LogP contribution in [0.5, 0.6) is 0 Å². The molecular weight excluding hydrogens is 302 g/mol. The topological polar surface area (TPSA) is 78.6 Å². The lowest BCUT2D eigenvalue weighted by molar-refractivity contribution is 1.07. The number of nitrogens with zero attached hydrogens (tertiary/aromatic N) is 1. The van der Waals surface area contributed by atoms with Crippen molar-refractivity contribution >= 4 is 34.0 Å². The Hall–Kier alpha value is -3.47. The molecule has 0 aliphatic heterocycles. The van der Waals surface area contributed by atoms with Gasteiger partial charge in [0.1, 0.15) is 0 Å². The summed E-state index contributed by atoms with van der Waals surface area (Å²) in [7, 11) is 0. The van der Waals surface area contributed by atoms with Gasteiger partial charge in [-0.3, -0.25) is 9.78 Å². The van der Waals surface area contributed by atoms with Crippen LogP contribution in [0, 0.1) is 0 Å². The molecule has 116 valence electrons. The summed E-state index contributed by atoms with van der Waals surface area (Å²) in [5.41, 5.74) is 1.33. The third-order valence-electron chi connectivity index (χ3n) is 3.86. The Morgan fingerprint density at radius 1 is 0.833 bits per heavy atom. The van der Waals surface area contributed by atoms with Crippen LogP contribution in [-0.4, -0.2) is 15.0 Å². The van der Waals surface area contributed by atoms with E-state index in [1.165, 1.54) is 5.39 Å². The van der Waals surface area contributed by atoms with Crippen LogP contribution in [0.2, 0.25) is 0 Å². The number of hydrogen-bond acceptors (Lipinski definition) is 3. The molecule has 0 aliphatic rings. The number of fused-ring (bicyclic) bond motifs is 2. The average Bonchev–Trinajstić information content (AvgIpc) is 2.60. The first kappa shape index (κ1) is 14.1. The first-order valence-corrected chi connectivity index (χ1v) is 7.50. The molecule has 0 atom stereocenters. The Kier molecular flexibility index (Phi) is 3.31. The lowest BCUT2D eigenvalue weighted by atomic mass is 10.0. The molecular formula is C19H13N3O2. The number of nitrogens with one attached hydrogen (secondary N) is 2. The molecule has 0 radical (unpaired) electrons. The van der Waals surface area contributed by atoms with Gasteiger partial charge in [-0.05, 0) is 34.5 Å². The van der Waals surface area contributed by atoms with Crippen LogP contribution in [0.15, 0.2) is 64.2 Å². The molecule has 0 amide bonds. The zero-order chi connectivity index (χ0) is 16.5. The smallest absolute Gasteiger partial charge is 0.305 e. The number of aromatic amines is 2. The van der Waals surface area contributed by atoms with Gasteiger partial charge in [0.15, 0.2) is 5.52 Å². The summed E-state index contributed by atoms with van der Waals surface area (Å²) in [5.74, 6) is 0. The molecule has 24 heavy (non-hydrogen) atoms. The number of hydrogen-bond donors (Lipinski definition) is 2. The molecule has 4 rings (SSSR count). The number of pyridine rings is 1. The second-order valence-corrected chi connectivity index (χ2v) is 5.44. The van der Waals surface area contributed by atoms with Crippen LogP contribution in [0.25, 0.3) is 34.0 Å². The Bertz CT molecular complexity index is 1200. The van der Waals surface area contributed by atoms with Crippen molar-refractivity contribution in [3.05, 3.63) is 86.7 Å². The third kappa shape index (κ3) is 2.52. The highest BCUT2D eigenvalue weighted by atomic mass is 16.2. The van der Waals surface area contributed by atoms with Crippen LogP contribution in [0.4, 0.5) is 0 Å². The summed E-state index contributed by atoms with van der Waals surface area (Å²) in [6.07, 6.45) is 3.82. The summed E-state index contributed by atoms with van der Waals surface area (Å²) < 4.78 is 0. The summed E-state index contributed by atoms with van der Waals surface area (Å²) in [5, 5.41) is 2.32. The van der Waals surface area contributed by atoms with Crippen LogP contribution in [-0.2, 0) is 0 Å². The predicted molar refractivity (Wildman–Crippen MR) is 95.9 cm³/mol. The average molecular weight is 315 g/mol. The predicted octanol–water partition coefficient (Wildman–Crippen LogP) is 2.94. The van der Waals surface area contributed by atoms with E-state index >= 15 is 0 Å². The standard InChI is InChI=1S/C19H13N3O2/c23-18-17-16(21-19(24)22-18)11-10-14(20-17)9-8-13-6-3-5-12-4-1-2-7-15(12)13/h1-11H,(H2,21,22,23,24)/b9-8+. The fourth-order valence-corrected chi connectivity index (χ4v) is 2.73. The van der Waals surface area contributed by atoms with Crippen molar-refractivity contribution in [1.82, 2.24) is 15.0 Å². The van der Waals surface area contributed by atoms with Crippen molar-refractivity contribution in [3.8, 4) is 0 Å². The van der Waals surface area contributed by atoms with Gasteiger partial charge in [-0.1, -0.05) is 48.5 Å². The van der Waals surface area contributed by atoms with E-state index in [4.69, 9.17) is 0 Å². The number of aromatic nitrogens is 3. The molecule has 0 spiro atoms. The Morgan fingerprint density at radius 3 is 2.58 bits per heavy atom. The summed E-state index contributed by atoms with van der Waals surface area (Å²) in [4.78, 5) is 32.2. The quantitative estimate of drug-likeness (QED) is 0.597. The Balaban J connectivity index is 1.79. The molecule has 2 aromatic carbocycles. The second-order valence-electron chi connectivity index (χ2n) is 5.44. The van der Waals surface area contributed by atoms with Gasteiger partial charge in [0, 0.05) is 0 Å². The molecule has 5 heteroatoms. The van der Waals surface area contributed by atoms with Gasteiger partial charge in [0.05, 0.1) is 11.2 Å². The van der Waals surface area contributed by atoms with Crippen LogP contribution < -0.4 is 11.2 Å². The molecule has 2 N–H and O–H groups in total.